The van der Waals surface area contributed by atoms with Crippen LogP contribution in [0.5, 0.6) is 0 Å². The SMILES string of the molecule is CC(C)(C)NC(=O)OC(CC1CCC1)C(O)C(N)=O. The monoisotopic (exact) mass is 272 g/mol. The van der Waals surface area contributed by atoms with Crippen molar-refractivity contribution in [3.05, 3.63) is 0 Å². The third-order valence-corrected chi connectivity index (χ3v) is 3.17. The molecule has 2 atom stereocenters. The van der Waals surface area contributed by atoms with Gasteiger partial charge < -0.3 is 20.9 Å². The molecular weight excluding hydrogens is 248 g/mol. The summed E-state index contributed by atoms with van der Waals surface area (Å²) in [5.41, 5.74) is 4.64. The van der Waals surface area contributed by atoms with Gasteiger partial charge in [-0.15, -0.1) is 0 Å². The van der Waals surface area contributed by atoms with E-state index in [4.69, 9.17) is 10.5 Å². The topological polar surface area (TPSA) is 102 Å². The first-order valence-electron chi connectivity index (χ1n) is 6.65. The quantitative estimate of drug-likeness (QED) is 0.692. The maximum Gasteiger partial charge on any atom is 0.407 e. The normalized spacial score (nSPS) is 19.2. The summed E-state index contributed by atoms with van der Waals surface area (Å²) < 4.78 is 5.16. The van der Waals surface area contributed by atoms with E-state index in [1.807, 2.05) is 20.8 Å². The van der Waals surface area contributed by atoms with Crippen LogP contribution in [0.4, 0.5) is 4.79 Å². The lowest BCUT2D eigenvalue weighted by molar-refractivity contribution is -0.132. The van der Waals surface area contributed by atoms with Gasteiger partial charge in [-0.25, -0.2) is 4.79 Å². The van der Waals surface area contributed by atoms with Crippen LogP contribution in [0.2, 0.25) is 0 Å². The number of primary amides is 1. The molecule has 1 saturated carbocycles. The minimum atomic E-state index is -1.45. The average Bonchev–Trinajstić information content (AvgIpc) is 2.17. The number of rotatable bonds is 5. The zero-order chi connectivity index (χ0) is 14.6. The van der Waals surface area contributed by atoms with Gasteiger partial charge in [0, 0.05) is 5.54 Å². The van der Waals surface area contributed by atoms with Gasteiger partial charge in [0.15, 0.2) is 6.10 Å². The Bertz CT molecular complexity index is 334. The van der Waals surface area contributed by atoms with Crippen LogP contribution in [0.25, 0.3) is 0 Å². The average molecular weight is 272 g/mol. The molecule has 0 bridgehead atoms. The third-order valence-electron chi connectivity index (χ3n) is 3.17. The molecule has 0 aromatic rings. The van der Waals surface area contributed by atoms with Gasteiger partial charge in [0.25, 0.3) is 0 Å². The van der Waals surface area contributed by atoms with Crippen molar-refractivity contribution in [1.82, 2.24) is 5.32 Å². The van der Waals surface area contributed by atoms with Crippen LogP contribution in [-0.4, -0.2) is 34.9 Å². The van der Waals surface area contributed by atoms with Crippen molar-refractivity contribution < 1.29 is 19.4 Å². The predicted molar refractivity (Wildman–Crippen MR) is 70.3 cm³/mol. The molecule has 1 fully saturated rings. The highest BCUT2D eigenvalue weighted by Crippen LogP contribution is 2.32. The van der Waals surface area contributed by atoms with Gasteiger partial charge in [0.2, 0.25) is 5.91 Å². The van der Waals surface area contributed by atoms with Crippen molar-refractivity contribution in [2.75, 3.05) is 0 Å². The number of aliphatic hydroxyl groups excluding tert-OH is 1. The van der Waals surface area contributed by atoms with Gasteiger partial charge in [-0.1, -0.05) is 19.3 Å². The highest BCUT2D eigenvalue weighted by molar-refractivity contribution is 5.79. The lowest BCUT2D eigenvalue weighted by Gasteiger charge is -2.31. The van der Waals surface area contributed by atoms with Gasteiger partial charge in [-0.2, -0.15) is 0 Å². The molecule has 110 valence electrons. The summed E-state index contributed by atoms with van der Waals surface area (Å²) >= 11 is 0. The maximum absolute atomic E-state index is 11.7. The third kappa shape index (κ3) is 5.46. The molecule has 0 aliphatic heterocycles. The number of hydrogen-bond acceptors (Lipinski definition) is 4. The molecular formula is C13H24N2O4. The van der Waals surface area contributed by atoms with Crippen molar-refractivity contribution in [2.45, 2.75) is 64.2 Å². The highest BCUT2D eigenvalue weighted by Gasteiger charge is 2.33. The van der Waals surface area contributed by atoms with Crippen LogP contribution >= 0.6 is 0 Å². The largest absolute Gasteiger partial charge is 0.443 e. The van der Waals surface area contributed by atoms with E-state index in [9.17, 15) is 14.7 Å². The number of nitrogens with one attached hydrogen (secondary N) is 1. The van der Waals surface area contributed by atoms with E-state index < -0.39 is 29.7 Å². The van der Waals surface area contributed by atoms with E-state index in [1.54, 1.807) is 0 Å². The molecule has 6 nitrogen and oxygen atoms in total. The van der Waals surface area contributed by atoms with Gasteiger partial charge in [0.1, 0.15) is 6.10 Å². The Morgan fingerprint density at radius 1 is 1.42 bits per heavy atom. The maximum atomic E-state index is 11.7. The number of nitrogens with two attached hydrogens (primary N) is 1. The number of amides is 2. The summed E-state index contributed by atoms with van der Waals surface area (Å²) in [6, 6.07) is 0. The van der Waals surface area contributed by atoms with Crippen LogP contribution in [-0.2, 0) is 9.53 Å². The summed E-state index contributed by atoms with van der Waals surface area (Å²) in [7, 11) is 0. The Kier molecular flexibility index (Phi) is 5.17. The van der Waals surface area contributed by atoms with Crippen LogP contribution in [0.3, 0.4) is 0 Å². The van der Waals surface area contributed by atoms with Crippen molar-refractivity contribution >= 4 is 12.0 Å². The Morgan fingerprint density at radius 3 is 2.37 bits per heavy atom. The molecule has 1 rings (SSSR count). The Hall–Kier alpha value is -1.30. The molecule has 0 spiro atoms. The Labute approximate surface area is 113 Å². The first-order valence-corrected chi connectivity index (χ1v) is 6.65. The fraction of sp³-hybridized carbons (Fsp3) is 0.846. The zero-order valence-corrected chi connectivity index (χ0v) is 11.8. The molecule has 19 heavy (non-hydrogen) atoms. The fourth-order valence-electron chi connectivity index (χ4n) is 1.95. The minimum absolute atomic E-state index is 0.390. The Balaban J connectivity index is 2.57. The van der Waals surface area contributed by atoms with Crippen molar-refractivity contribution in [3.8, 4) is 0 Å². The second-order valence-electron chi connectivity index (χ2n) is 6.20. The van der Waals surface area contributed by atoms with Gasteiger partial charge in [0.05, 0.1) is 0 Å². The van der Waals surface area contributed by atoms with Crippen LogP contribution in [0.15, 0.2) is 0 Å². The zero-order valence-electron chi connectivity index (χ0n) is 11.8. The fourth-order valence-corrected chi connectivity index (χ4v) is 1.95. The lowest BCUT2D eigenvalue weighted by Crippen LogP contribution is -2.47. The molecule has 2 unspecified atom stereocenters. The summed E-state index contributed by atoms with van der Waals surface area (Å²) in [4.78, 5) is 22.7. The van der Waals surface area contributed by atoms with E-state index in [0.717, 1.165) is 19.3 Å². The molecule has 0 heterocycles. The van der Waals surface area contributed by atoms with E-state index >= 15 is 0 Å². The molecule has 1 aliphatic rings. The second-order valence-corrected chi connectivity index (χ2v) is 6.20. The highest BCUT2D eigenvalue weighted by atomic mass is 16.6. The van der Waals surface area contributed by atoms with Crippen LogP contribution in [0.1, 0.15) is 46.5 Å². The number of aliphatic hydroxyl groups is 1. The molecule has 2 amide bonds. The van der Waals surface area contributed by atoms with Crippen LogP contribution < -0.4 is 11.1 Å². The van der Waals surface area contributed by atoms with E-state index in [1.165, 1.54) is 0 Å². The minimum Gasteiger partial charge on any atom is -0.443 e. The van der Waals surface area contributed by atoms with Crippen molar-refractivity contribution in [2.24, 2.45) is 11.7 Å². The van der Waals surface area contributed by atoms with Gasteiger partial charge in [-0.3, -0.25) is 4.79 Å². The van der Waals surface area contributed by atoms with Gasteiger partial charge >= 0.3 is 6.09 Å². The predicted octanol–water partition coefficient (Wildman–Crippen LogP) is 0.916. The van der Waals surface area contributed by atoms with Crippen LogP contribution in [0, 0.1) is 5.92 Å². The number of carbonyl (C=O) groups is 2. The van der Waals surface area contributed by atoms with E-state index in [-0.39, 0.29) is 0 Å². The van der Waals surface area contributed by atoms with Crippen molar-refractivity contribution in [1.29, 1.82) is 0 Å². The first-order chi connectivity index (χ1) is 8.69. The second kappa shape index (κ2) is 6.23. The number of alkyl carbamates (subject to hydrolysis) is 1. The van der Waals surface area contributed by atoms with E-state index in [0.29, 0.717) is 12.3 Å². The van der Waals surface area contributed by atoms with Crippen molar-refractivity contribution in [3.63, 3.8) is 0 Å². The molecule has 4 N–H and O–H groups in total. The molecule has 0 saturated heterocycles. The number of hydrogen-bond donors (Lipinski definition) is 3. The first kappa shape index (κ1) is 15.8. The number of carbonyl (C=O) groups excluding carboxylic acids is 2. The molecule has 0 aromatic heterocycles. The van der Waals surface area contributed by atoms with E-state index in [2.05, 4.69) is 5.32 Å². The molecule has 6 heteroatoms. The standard InChI is InChI=1S/C13H24N2O4/c1-13(2,3)15-12(18)19-9(10(16)11(14)17)7-8-5-4-6-8/h8-10,16H,4-7H2,1-3H3,(H2,14,17)(H,15,18). The number of ether oxygens (including phenoxy) is 1. The smallest absolute Gasteiger partial charge is 0.407 e. The summed E-state index contributed by atoms with van der Waals surface area (Å²) in [6.45, 7) is 5.46. The lowest BCUT2D eigenvalue weighted by atomic mass is 9.80. The molecule has 0 aromatic carbocycles. The summed E-state index contributed by atoms with van der Waals surface area (Å²) in [5.74, 6) is -0.477. The Morgan fingerprint density at radius 2 is 2.00 bits per heavy atom. The molecule has 1 aliphatic carbocycles. The summed E-state index contributed by atoms with van der Waals surface area (Å²) in [5, 5.41) is 12.4. The van der Waals surface area contributed by atoms with Gasteiger partial charge in [-0.05, 0) is 33.1 Å². The summed E-state index contributed by atoms with van der Waals surface area (Å²) in [6.07, 6.45) is 0.715. The molecule has 0 radical (unpaired) electrons.